The Hall–Kier alpha value is -3.55. The van der Waals surface area contributed by atoms with Crippen molar-refractivity contribution in [2.45, 2.75) is 39.7 Å². The second-order valence-electron chi connectivity index (χ2n) is 8.11. The van der Waals surface area contributed by atoms with Gasteiger partial charge in [-0.1, -0.05) is 32.0 Å². The molecule has 0 bridgehead atoms. The van der Waals surface area contributed by atoms with Crippen LogP contribution in [0.1, 0.15) is 47.8 Å². The molecule has 8 nitrogen and oxygen atoms in total. The zero-order valence-corrected chi connectivity index (χ0v) is 18.5. The number of para-hydroxylation sites is 1. The molecule has 8 heteroatoms. The number of hydrogen-bond acceptors (Lipinski definition) is 5. The molecule has 0 aliphatic carbocycles. The molecule has 32 heavy (non-hydrogen) atoms. The number of fused-ring (bicyclic) bond motifs is 1. The quantitative estimate of drug-likeness (QED) is 0.646. The lowest BCUT2D eigenvalue weighted by Crippen LogP contribution is -2.34. The van der Waals surface area contributed by atoms with E-state index in [1.165, 1.54) is 0 Å². The smallest absolute Gasteiger partial charge is 0.256 e. The van der Waals surface area contributed by atoms with Gasteiger partial charge in [-0.05, 0) is 30.2 Å². The summed E-state index contributed by atoms with van der Waals surface area (Å²) in [6.07, 6.45) is 5.61. The largest absolute Gasteiger partial charge is 0.336 e. The van der Waals surface area contributed by atoms with Crippen LogP contribution in [0, 0.1) is 5.92 Å². The van der Waals surface area contributed by atoms with Crippen molar-refractivity contribution in [3.63, 3.8) is 0 Å². The maximum Gasteiger partial charge on any atom is 0.256 e. The van der Waals surface area contributed by atoms with Crippen molar-refractivity contribution in [1.29, 1.82) is 0 Å². The number of carbonyl (C=O) groups excluding carboxylic acids is 2. The summed E-state index contributed by atoms with van der Waals surface area (Å²) in [6, 6.07) is 11.1. The minimum atomic E-state index is -0.112. The van der Waals surface area contributed by atoms with Crippen LogP contribution >= 0.6 is 0 Å². The van der Waals surface area contributed by atoms with E-state index >= 15 is 0 Å². The normalized spacial score (nSPS) is 14.4. The van der Waals surface area contributed by atoms with Crippen LogP contribution in [0.4, 0.5) is 5.69 Å². The lowest BCUT2D eigenvalue weighted by atomic mass is 10.1. The molecule has 0 fully saturated rings. The summed E-state index contributed by atoms with van der Waals surface area (Å²) in [5, 5.41) is 11.7. The van der Waals surface area contributed by atoms with E-state index in [4.69, 9.17) is 0 Å². The Morgan fingerprint density at radius 3 is 2.72 bits per heavy atom. The molecule has 2 amide bonds. The van der Waals surface area contributed by atoms with Crippen LogP contribution in [0.5, 0.6) is 0 Å². The third kappa shape index (κ3) is 4.69. The van der Waals surface area contributed by atoms with Gasteiger partial charge in [-0.3, -0.25) is 14.6 Å². The van der Waals surface area contributed by atoms with Gasteiger partial charge in [0, 0.05) is 50.8 Å². The van der Waals surface area contributed by atoms with Gasteiger partial charge in [0.15, 0.2) is 0 Å². The first-order valence-corrected chi connectivity index (χ1v) is 11.1. The van der Waals surface area contributed by atoms with Crippen LogP contribution < -0.4 is 5.32 Å². The van der Waals surface area contributed by atoms with Gasteiger partial charge in [-0.25, -0.2) is 0 Å². The number of benzene rings is 1. The van der Waals surface area contributed by atoms with E-state index < -0.39 is 0 Å². The Bertz CT molecular complexity index is 1090. The summed E-state index contributed by atoms with van der Waals surface area (Å²) in [5.74, 6) is 1.49. The molecule has 3 heterocycles. The Kier molecular flexibility index (Phi) is 6.58. The van der Waals surface area contributed by atoms with E-state index in [-0.39, 0.29) is 17.7 Å². The van der Waals surface area contributed by atoms with Gasteiger partial charge in [0.25, 0.3) is 5.91 Å². The van der Waals surface area contributed by atoms with Gasteiger partial charge in [0.2, 0.25) is 5.91 Å². The van der Waals surface area contributed by atoms with Crippen LogP contribution in [0.3, 0.4) is 0 Å². The zero-order valence-electron chi connectivity index (χ0n) is 18.5. The minimum Gasteiger partial charge on any atom is -0.336 e. The van der Waals surface area contributed by atoms with Crippen molar-refractivity contribution in [2.24, 2.45) is 5.92 Å². The van der Waals surface area contributed by atoms with E-state index in [1.54, 1.807) is 18.3 Å². The van der Waals surface area contributed by atoms with Crippen molar-refractivity contribution in [1.82, 2.24) is 24.6 Å². The average Bonchev–Trinajstić information content (AvgIpc) is 3.07. The first-order chi connectivity index (χ1) is 15.6. The van der Waals surface area contributed by atoms with Crippen LogP contribution in [-0.2, 0) is 24.2 Å². The molecule has 0 saturated carbocycles. The number of aromatic nitrogens is 4. The number of hydrogen-bond donors (Lipinski definition) is 1. The minimum absolute atomic E-state index is 0.0742. The number of anilines is 1. The third-order valence-electron chi connectivity index (χ3n) is 5.95. The van der Waals surface area contributed by atoms with Gasteiger partial charge in [0.05, 0.1) is 11.3 Å². The molecule has 166 valence electrons. The second-order valence-corrected chi connectivity index (χ2v) is 8.11. The molecule has 1 atom stereocenters. The first-order valence-electron chi connectivity index (χ1n) is 11.1. The standard InChI is InChI=1S/C24H28N6O2/c1-3-17(2)23(31)26-20-9-5-4-8-19(20)24(32)29-12-10-21-27-28-22(30(21)14-13-29)15-18-7-6-11-25-16-18/h4-9,11,16-17H,3,10,12-15H2,1-2H3,(H,26,31). The fourth-order valence-electron chi connectivity index (χ4n) is 3.79. The SMILES string of the molecule is CCC(C)C(=O)Nc1ccccc1C(=O)N1CCc2nnc(Cc3cccnc3)n2CC1. The monoisotopic (exact) mass is 432 g/mol. The summed E-state index contributed by atoms with van der Waals surface area (Å²) in [5.41, 5.74) is 2.15. The molecular formula is C24H28N6O2. The highest BCUT2D eigenvalue weighted by Gasteiger charge is 2.25. The molecule has 0 saturated heterocycles. The van der Waals surface area contributed by atoms with Gasteiger partial charge < -0.3 is 14.8 Å². The fraction of sp³-hybridized carbons (Fsp3) is 0.375. The summed E-state index contributed by atoms with van der Waals surface area (Å²) < 4.78 is 2.11. The Balaban J connectivity index is 1.48. The van der Waals surface area contributed by atoms with Gasteiger partial charge in [-0.15, -0.1) is 10.2 Å². The first kappa shape index (κ1) is 21.7. The number of nitrogens with zero attached hydrogens (tertiary/aromatic N) is 5. The molecule has 3 aromatic rings. The molecule has 0 spiro atoms. The Morgan fingerprint density at radius 1 is 1.09 bits per heavy atom. The lowest BCUT2D eigenvalue weighted by molar-refractivity contribution is -0.119. The zero-order chi connectivity index (χ0) is 22.5. The number of rotatable bonds is 6. The predicted octanol–water partition coefficient (Wildman–Crippen LogP) is 2.95. The van der Waals surface area contributed by atoms with Crippen molar-refractivity contribution in [2.75, 3.05) is 18.4 Å². The average molecular weight is 433 g/mol. The number of amides is 2. The topological polar surface area (TPSA) is 93.0 Å². The highest BCUT2D eigenvalue weighted by molar-refractivity contribution is 6.04. The highest BCUT2D eigenvalue weighted by Crippen LogP contribution is 2.21. The van der Waals surface area contributed by atoms with Crippen LogP contribution in [-0.4, -0.2) is 49.6 Å². The summed E-state index contributed by atoms with van der Waals surface area (Å²) in [6.45, 7) is 5.59. The molecule has 2 aromatic heterocycles. The summed E-state index contributed by atoms with van der Waals surface area (Å²) in [4.78, 5) is 31.8. The van der Waals surface area contributed by atoms with Crippen LogP contribution in [0.2, 0.25) is 0 Å². The molecule has 1 aliphatic heterocycles. The number of carbonyl (C=O) groups is 2. The molecule has 1 aromatic carbocycles. The van der Waals surface area contributed by atoms with E-state index in [1.807, 2.05) is 49.2 Å². The van der Waals surface area contributed by atoms with Crippen LogP contribution in [0.25, 0.3) is 0 Å². The van der Waals surface area contributed by atoms with Crippen molar-refractivity contribution in [3.8, 4) is 0 Å². The van der Waals surface area contributed by atoms with Gasteiger partial charge >= 0.3 is 0 Å². The summed E-state index contributed by atoms with van der Waals surface area (Å²) >= 11 is 0. The van der Waals surface area contributed by atoms with Crippen molar-refractivity contribution >= 4 is 17.5 Å². The van der Waals surface area contributed by atoms with Gasteiger partial charge in [-0.2, -0.15) is 0 Å². The molecule has 4 rings (SSSR count). The number of nitrogens with one attached hydrogen (secondary N) is 1. The van der Waals surface area contributed by atoms with Crippen molar-refractivity contribution < 1.29 is 9.59 Å². The van der Waals surface area contributed by atoms with E-state index in [0.29, 0.717) is 43.7 Å². The third-order valence-corrected chi connectivity index (χ3v) is 5.95. The Labute approximate surface area is 187 Å². The van der Waals surface area contributed by atoms with Crippen molar-refractivity contribution in [3.05, 3.63) is 71.6 Å². The van der Waals surface area contributed by atoms with Gasteiger partial charge in [0.1, 0.15) is 11.6 Å². The molecule has 1 aliphatic rings. The second kappa shape index (κ2) is 9.72. The summed E-state index contributed by atoms with van der Waals surface area (Å²) in [7, 11) is 0. The van der Waals surface area contributed by atoms with E-state index in [9.17, 15) is 9.59 Å². The molecule has 1 N–H and O–H groups in total. The highest BCUT2D eigenvalue weighted by atomic mass is 16.2. The van der Waals surface area contributed by atoms with Crippen LogP contribution in [0.15, 0.2) is 48.8 Å². The fourth-order valence-corrected chi connectivity index (χ4v) is 3.79. The van der Waals surface area contributed by atoms with E-state index in [2.05, 4.69) is 25.1 Å². The predicted molar refractivity (Wildman–Crippen MR) is 121 cm³/mol. The Morgan fingerprint density at radius 2 is 1.94 bits per heavy atom. The van der Waals surface area contributed by atoms with E-state index in [0.717, 1.165) is 23.6 Å². The maximum atomic E-state index is 13.4. The molecule has 1 unspecified atom stereocenters. The maximum absolute atomic E-state index is 13.4. The molecular weight excluding hydrogens is 404 g/mol. The number of pyridine rings is 1. The lowest BCUT2D eigenvalue weighted by Gasteiger charge is -2.22. The molecule has 0 radical (unpaired) electrons.